The van der Waals surface area contributed by atoms with Crippen LogP contribution in [0.25, 0.3) is 6.08 Å². The van der Waals surface area contributed by atoms with Crippen molar-refractivity contribution in [2.75, 3.05) is 11.9 Å². The fraction of sp³-hybridized carbons (Fsp3) is 0.179. The zero-order valence-electron chi connectivity index (χ0n) is 19.8. The van der Waals surface area contributed by atoms with Crippen molar-refractivity contribution < 1.29 is 19.1 Å². The molecule has 1 N–H and O–H groups in total. The molecule has 3 aromatic rings. The molecule has 1 saturated heterocycles. The molecule has 3 amide bonds. The Kier molecular flexibility index (Phi) is 7.36. The molecule has 4 rings (SSSR count). The largest absolute Gasteiger partial charge is 0.489 e. The summed E-state index contributed by atoms with van der Waals surface area (Å²) in [5, 5.41) is 2.33. The van der Waals surface area contributed by atoms with Crippen molar-refractivity contribution in [2.45, 2.75) is 27.4 Å². The second-order valence-electron chi connectivity index (χ2n) is 8.48. The number of hydrogen-bond acceptors (Lipinski definition) is 5. The molecule has 0 radical (unpaired) electrons. The van der Waals surface area contributed by atoms with E-state index in [1.165, 1.54) is 5.56 Å². The normalized spacial score (nSPS) is 14.5. The molecule has 0 atom stereocenters. The summed E-state index contributed by atoms with van der Waals surface area (Å²) < 4.78 is 5.84. The molecular formula is C28H26N2O4S. The summed E-state index contributed by atoms with van der Waals surface area (Å²) in [5.41, 5.74) is 5.61. The van der Waals surface area contributed by atoms with Crippen LogP contribution in [0, 0.1) is 20.8 Å². The minimum absolute atomic E-state index is 0.281. The molecule has 0 aliphatic carbocycles. The van der Waals surface area contributed by atoms with E-state index in [9.17, 15) is 14.4 Å². The molecule has 0 unspecified atom stereocenters. The third-order valence-electron chi connectivity index (χ3n) is 5.51. The van der Waals surface area contributed by atoms with Crippen LogP contribution in [0.5, 0.6) is 5.75 Å². The van der Waals surface area contributed by atoms with Gasteiger partial charge in [0.1, 0.15) is 18.9 Å². The molecule has 1 heterocycles. The van der Waals surface area contributed by atoms with E-state index in [0.29, 0.717) is 18.0 Å². The number of carbonyl (C=O) groups excluding carboxylic acids is 3. The van der Waals surface area contributed by atoms with Gasteiger partial charge in [-0.3, -0.25) is 19.3 Å². The number of rotatable bonds is 7. The Hall–Kier alpha value is -3.84. The summed E-state index contributed by atoms with van der Waals surface area (Å²) in [5.74, 6) is -0.187. The molecule has 0 bridgehead atoms. The number of aryl methyl sites for hydroxylation is 3. The first kappa shape index (κ1) is 24.3. The lowest BCUT2D eigenvalue weighted by Crippen LogP contribution is -2.36. The monoisotopic (exact) mass is 486 g/mol. The summed E-state index contributed by atoms with van der Waals surface area (Å²) in [7, 11) is 0. The Labute approximate surface area is 209 Å². The van der Waals surface area contributed by atoms with E-state index in [0.717, 1.165) is 38.9 Å². The van der Waals surface area contributed by atoms with Gasteiger partial charge in [-0.25, -0.2) is 0 Å². The van der Waals surface area contributed by atoms with Crippen LogP contribution in [0.15, 0.2) is 71.6 Å². The standard InChI is InChI=1S/C28H26N2O4S/c1-18-5-4-6-22(13-18)17-34-23-11-9-21(10-12-23)15-25-27(32)30(28(33)35-25)16-26(31)29-24-14-19(2)7-8-20(24)3/h4-15H,16-17H2,1-3H3,(H,29,31)/b25-15+. The molecular weight excluding hydrogens is 460 g/mol. The molecule has 0 spiro atoms. The fourth-order valence-corrected chi connectivity index (χ4v) is 4.46. The van der Waals surface area contributed by atoms with Crippen LogP contribution >= 0.6 is 11.8 Å². The summed E-state index contributed by atoms with van der Waals surface area (Å²) in [6, 6.07) is 21.1. The Bertz CT molecular complexity index is 1310. The van der Waals surface area contributed by atoms with E-state index in [4.69, 9.17) is 4.74 Å². The second-order valence-corrected chi connectivity index (χ2v) is 9.47. The van der Waals surface area contributed by atoms with Gasteiger partial charge in [0.15, 0.2) is 0 Å². The van der Waals surface area contributed by atoms with E-state index in [2.05, 4.69) is 11.4 Å². The van der Waals surface area contributed by atoms with Crippen molar-refractivity contribution in [3.8, 4) is 5.75 Å². The molecule has 3 aromatic carbocycles. The van der Waals surface area contributed by atoms with Crippen LogP contribution in [-0.2, 0) is 16.2 Å². The number of nitrogens with one attached hydrogen (secondary N) is 1. The van der Waals surface area contributed by atoms with E-state index in [1.54, 1.807) is 6.08 Å². The van der Waals surface area contributed by atoms with Crippen LogP contribution in [0.3, 0.4) is 0 Å². The first-order chi connectivity index (χ1) is 16.8. The summed E-state index contributed by atoms with van der Waals surface area (Å²) in [6.07, 6.45) is 1.65. The van der Waals surface area contributed by atoms with E-state index < -0.39 is 17.1 Å². The molecule has 6 nitrogen and oxygen atoms in total. The lowest BCUT2D eigenvalue weighted by molar-refractivity contribution is -0.127. The lowest BCUT2D eigenvalue weighted by atomic mass is 10.1. The van der Waals surface area contributed by atoms with Gasteiger partial charge in [0.05, 0.1) is 4.91 Å². The highest BCUT2D eigenvalue weighted by Crippen LogP contribution is 2.32. The average molecular weight is 487 g/mol. The number of benzene rings is 3. The third kappa shape index (κ3) is 6.19. The van der Waals surface area contributed by atoms with Gasteiger partial charge < -0.3 is 10.1 Å². The number of thioether (sulfide) groups is 1. The van der Waals surface area contributed by atoms with Gasteiger partial charge in [-0.05, 0) is 79.1 Å². The molecule has 1 aliphatic heterocycles. The van der Waals surface area contributed by atoms with Crippen molar-refractivity contribution in [2.24, 2.45) is 0 Å². The number of anilines is 1. The summed E-state index contributed by atoms with van der Waals surface area (Å²) in [6.45, 7) is 5.98. The highest BCUT2D eigenvalue weighted by Gasteiger charge is 2.36. The Morgan fingerprint density at radius 3 is 2.46 bits per heavy atom. The van der Waals surface area contributed by atoms with Gasteiger partial charge in [-0.1, -0.05) is 54.1 Å². The lowest BCUT2D eigenvalue weighted by Gasteiger charge is -2.14. The minimum atomic E-state index is -0.476. The van der Waals surface area contributed by atoms with Gasteiger partial charge in [0.25, 0.3) is 11.1 Å². The van der Waals surface area contributed by atoms with Gasteiger partial charge in [-0.2, -0.15) is 0 Å². The van der Waals surface area contributed by atoms with E-state index in [-0.39, 0.29) is 11.4 Å². The Morgan fingerprint density at radius 1 is 0.971 bits per heavy atom. The Morgan fingerprint density at radius 2 is 1.71 bits per heavy atom. The number of ether oxygens (including phenoxy) is 1. The number of hydrogen-bond donors (Lipinski definition) is 1. The van der Waals surface area contributed by atoms with Crippen molar-refractivity contribution in [3.63, 3.8) is 0 Å². The molecule has 178 valence electrons. The van der Waals surface area contributed by atoms with Crippen LogP contribution in [-0.4, -0.2) is 28.5 Å². The first-order valence-corrected chi connectivity index (χ1v) is 12.0. The van der Waals surface area contributed by atoms with Crippen molar-refractivity contribution >= 4 is 40.6 Å². The highest BCUT2D eigenvalue weighted by molar-refractivity contribution is 8.18. The number of carbonyl (C=O) groups is 3. The van der Waals surface area contributed by atoms with E-state index in [1.807, 2.05) is 81.4 Å². The number of imide groups is 1. The van der Waals surface area contributed by atoms with Crippen LogP contribution in [0.4, 0.5) is 10.5 Å². The van der Waals surface area contributed by atoms with Crippen molar-refractivity contribution in [3.05, 3.63) is 99.5 Å². The number of nitrogens with zero attached hydrogens (tertiary/aromatic N) is 1. The van der Waals surface area contributed by atoms with E-state index >= 15 is 0 Å². The van der Waals surface area contributed by atoms with Crippen LogP contribution < -0.4 is 10.1 Å². The predicted octanol–water partition coefficient (Wildman–Crippen LogP) is 5.87. The van der Waals surface area contributed by atoms with Crippen molar-refractivity contribution in [1.82, 2.24) is 4.90 Å². The average Bonchev–Trinajstić information content (AvgIpc) is 3.08. The number of amides is 3. The topological polar surface area (TPSA) is 75.7 Å². The van der Waals surface area contributed by atoms with Crippen LogP contribution in [0.2, 0.25) is 0 Å². The predicted molar refractivity (Wildman–Crippen MR) is 139 cm³/mol. The molecule has 0 aromatic heterocycles. The van der Waals surface area contributed by atoms with Gasteiger partial charge in [0.2, 0.25) is 5.91 Å². The second kappa shape index (κ2) is 10.6. The Balaban J connectivity index is 1.37. The smallest absolute Gasteiger partial charge is 0.294 e. The van der Waals surface area contributed by atoms with Gasteiger partial charge >= 0.3 is 0 Å². The molecule has 1 aliphatic rings. The fourth-order valence-electron chi connectivity index (χ4n) is 3.62. The molecule has 7 heteroatoms. The maximum Gasteiger partial charge on any atom is 0.294 e. The third-order valence-corrected chi connectivity index (χ3v) is 6.42. The van der Waals surface area contributed by atoms with Gasteiger partial charge in [-0.15, -0.1) is 0 Å². The highest BCUT2D eigenvalue weighted by atomic mass is 32.2. The van der Waals surface area contributed by atoms with Gasteiger partial charge in [0, 0.05) is 5.69 Å². The summed E-state index contributed by atoms with van der Waals surface area (Å²) >= 11 is 0.831. The van der Waals surface area contributed by atoms with Crippen molar-refractivity contribution in [1.29, 1.82) is 0 Å². The summed E-state index contributed by atoms with van der Waals surface area (Å²) in [4.78, 5) is 39.0. The van der Waals surface area contributed by atoms with Crippen LogP contribution in [0.1, 0.15) is 27.8 Å². The first-order valence-electron chi connectivity index (χ1n) is 11.2. The SMILES string of the molecule is Cc1cccc(COc2ccc(/C=C3/SC(=O)N(CC(=O)Nc4cc(C)ccc4C)C3=O)cc2)c1. The molecule has 35 heavy (non-hydrogen) atoms. The maximum absolute atomic E-state index is 12.8. The minimum Gasteiger partial charge on any atom is -0.489 e. The zero-order chi connectivity index (χ0) is 24.9. The molecule has 0 saturated carbocycles. The molecule has 1 fully saturated rings. The maximum atomic E-state index is 12.8. The zero-order valence-corrected chi connectivity index (χ0v) is 20.6. The quantitative estimate of drug-likeness (QED) is 0.423.